The Balaban J connectivity index is 2.70. The Kier molecular flexibility index (Phi) is 1.68. The fraction of sp³-hybridized carbons (Fsp3) is 0.857. The van der Waals surface area contributed by atoms with Crippen LogP contribution in [0.5, 0.6) is 0 Å². The largest absolute Gasteiger partial charge is 0.373 e. The van der Waals surface area contributed by atoms with Crippen molar-refractivity contribution in [3.8, 4) is 0 Å². The van der Waals surface area contributed by atoms with Gasteiger partial charge in [-0.05, 0) is 6.42 Å². The summed E-state index contributed by atoms with van der Waals surface area (Å²) in [5.74, 6) is -0.0446. The minimum Gasteiger partial charge on any atom is -0.373 e. The molecule has 1 aliphatic rings. The maximum Gasteiger partial charge on any atom is 0.222 e. The van der Waals surface area contributed by atoms with Crippen LogP contribution in [-0.2, 0) is 4.79 Å². The van der Waals surface area contributed by atoms with Crippen LogP contribution in [0.25, 0.3) is 0 Å². The number of carbonyl (C=O) groups excluding carboxylic acids is 1. The first-order chi connectivity index (χ1) is 4.58. The highest BCUT2D eigenvalue weighted by atomic mass is 16.3. The van der Waals surface area contributed by atoms with Gasteiger partial charge in [-0.15, -0.1) is 0 Å². The van der Waals surface area contributed by atoms with Crippen molar-refractivity contribution in [1.82, 2.24) is 5.32 Å². The molecule has 10 heavy (non-hydrogen) atoms. The van der Waals surface area contributed by atoms with E-state index in [1.165, 1.54) is 0 Å². The zero-order valence-corrected chi connectivity index (χ0v) is 6.35. The Morgan fingerprint density at radius 2 is 2.50 bits per heavy atom. The van der Waals surface area contributed by atoms with Gasteiger partial charge in [0.25, 0.3) is 0 Å². The number of aliphatic hydroxyl groups is 1. The summed E-state index contributed by atoms with van der Waals surface area (Å²) in [7, 11) is 0. The molecule has 2 atom stereocenters. The summed E-state index contributed by atoms with van der Waals surface area (Å²) in [4.78, 5) is 10.8. The molecule has 0 saturated carbocycles. The van der Waals surface area contributed by atoms with E-state index in [0.717, 1.165) is 6.42 Å². The molecule has 0 radical (unpaired) electrons. The van der Waals surface area contributed by atoms with Gasteiger partial charge in [0.1, 0.15) is 6.23 Å². The summed E-state index contributed by atoms with van der Waals surface area (Å²) in [6.07, 6.45) is 0.627. The standard InChI is InChI=1S/C7H13NO2/c1-3-7(2)4-5(9)8-6(7)10/h6,10H,3-4H2,1-2H3,(H,8,9). The maximum absolute atomic E-state index is 10.8. The molecule has 2 unspecified atom stereocenters. The predicted molar refractivity (Wildman–Crippen MR) is 37.2 cm³/mol. The number of aliphatic hydroxyl groups excluding tert-OH is 1. The van der Waals surface area contributed by atoms with Gasteiger partial charge in [-0.2, -0.15) is 0 Å². The number of hydrogen-bond donors (Lipinski definition) is 2. The van der Waals surface area contributed by atoms with Crippen LogP contribution in [0.4, 0.5) is 0 Å². The molecular weight excluding hydrogens is 130 g/mol. The SMILES string of the molecule is CCC1(C)CC(=O)NC1O. The summed E-state index contributed by atoms with van der Waals surface area (Å²) in [5.41, 5.74) is -0.239. The molecule has 0 aliphatic carbocycles. The molecule has 0 aromatic rings. The van der Waals surface area contributed by atoms with E-state index in [4.69, 9.17) is 0 Å². The van der Waals surface area contributed by atoms with Crippen LogP contribution in [0.1, 0.15) is 26.7 Å². The third-order valence-corrected chi connectivity index (χ3v) is 2.33. The van der Waals surface area contributed by atoms with Crippen molar-refractivity contribution < 1.29 is 9.90 Å². The number of carbonyl (C=O) groups is 1. The molecule has 1 rings (SSSR count). The van der Waals surface area contributed by atoms with E-state index < -0.39 is 6.23 Å². The lowest BCUT2D eigenvalue weighted by Crippen LogP contribution is -2.34. The van der Waals surface area contributed by atoms with Crippen molar-refractivity contribution in [2.45, 2.75) is 32.9 Å². The van der Waals surface area contributed by atoms with Crippen LogP contribution in [-0.4, -0.2) is 17.2 Å². The average molecular weight is 143 g/mol. The number of rotatable bonds is 1. The van der Waals surface area contributed by atoms with Crippen LogP contribution >= 0.6 is 0 Å². The molecule has 1 amide bonds. The van der Waals surface area contributed by atoms with Crippen molar-refractivity contribution in [1.29, 1.82) is 0 Å². The Morgan fingerprint density at radius 3 is 2.70 bits per heavy atom. The summed E-state index contributed by atoms with van der Waals surface area (Å²) in [6.45, 7) is 3.89. The lowest BCUT2D eigenvalue weighted by atomic mass is 9.85. The zero-order chi connectivity index (χ0) is 7.78. The molecule has 0 aromatic carbocycles. The summed E-state index contributed by atoms with van der Waals surface area (Å²) in [6, 6.07) is 0. The third kappa shape index (κ3) is 1.01. The van der Waals surface area contributed by atoms with Crippen LogP contribution in [0.2, 0.25) is 0 Å². The van der Waals surface area contributed by atoms with Gasteiger partial charge in [0.05, 0.1) is 0 Å². The second-order valence-electron chi connectivity index (χ2n) is 3.15. The van der Waals surface area contributed by atoms with Gasteiger partial charge in [-0.3, -0.25) is 4.79 Å². The smallest absolute Gasteiger partial charge is 0.222 e. The molecule has 1 aliphatic heterocycles. The van der Waals surface area contributed by atoms with Crippen molar-refractivity contribution >= 4 is 5.91 Å². The molecule has 0 spiro atoms. The fourth-order valence-corrected chi connectivity index (χ4v) is 1.16. The molecule has 1 fully saturated rings. The Bertz CT molecular complexity index is 158. The Morgan fingerprint density at radius 1 is 1.90 bits per heavy atom. The highest BCUT2D eigenvalue weighted by Gasteiger charge is 2.40. The topological polar surface area (TPSA) is 49.3 Å². The van der Waals surface area contributed by atoms with Crippen LogP contribution in [0.3, 0.4) is 0 Å². The van der Waals surface area contributed by atoms with Gasteiger partial charge < -0.3 is 10.4 Å². The van der Waals surface area contributed by atoms with Crippen molar-refractivity contribution in [2.24, 2.45) is 5.41 Å². The van der Waals surface area contributed by atoms with E-state index in [2.05, 4.69) is 5.32 Å². The molecule has 1 heterocycles. The summed E-state index contributed by atoms with van der Waals surface area (Å²) >= 11 is 0. The Hall–Kier alpha value is -0.570. The van der Waals surface area contributed by atoms with Crippen molar-refractivity contribution in [2.75, 3.05) is 0 Å². The van der Waals surface area contributed by atoms with E-state index in [9.17, 15) is 9.90 Å². The van der Waals surface area contributed by atoms with Gasteiger partial charge in [-0.25, -0.2) is 0 Å². The summed E-state index contributed by atoms with van der Waals surface area (Å²) < 4.78 is 0. The minimum atomic E-state index is -0.648. The summed E-state index contributed by atoms with van der Waals surface area (Å²) in [5, 5.41) is 11.8. The lowest BCUT2D eigenvalue weighted by Gasteiger charge is -2.23. The highest BCUT2D eigenvalue weighted by Crippen LogP contribution is 2.32. The molecule has 3 nitrogen and oxygen atoms in total. The Labute approximate surface area is 60.4 Å². The fourth-order valence-electron chi connectivity index (χ4n) is 1.16. The second-order valence-corrected chi connectivity index (χ2v) is 3.15. The first kappa shape index (κ1) is 7.54. The quantitative estimate of drug-likeness (QED) is 0.552. The van der Waals surface area contributed by atoms with E-state index in [1.54, 1.807) is 0 Å². The molecule has 3 heteroatoms. The van der Waals surface area contributed by atoms with Crippen molar-refractivity contribution in [3.05, 3.63) is 0 Å². The van der Waals surface area contributed by atoms with E-state index >= 15 is 0 Å². The molecular formula is C7H13NO2. The maximum atomic E-state index is 10.8. The van der Waals surface area contributed by atoms with Gasteiger partial charge in [0, 0.05) is 11.8 Å². The number of nitrogens with one attached hydrogen (secondary N) is 1. The molecule has 2 N–H and O–H groups in total. The molecule has 58 valence electrons. The van der Waals surface area contributed by atoms with Crippen LogP contribution < -0.4 is 5.32 Å². The molecule has 0 bridgehead atoms. The van der Waals surface area contributed by atoms with Gasteiger partial charge in [-0.1, -0.05) is 13.8 Å². The number of hydrogen-bond acceptors (Lipinski definition) is 2. The highest BCUT2D eigenvalue weighted by molar-refractivity contribution is 5.79. The molecule has 0 aromatic heterocycles. The predicted octanol–water partition coefficient (Wildman–Crippen LogP) is 0.241. The van der Waals surface area contributed by atoms with Crippen LogP contribution in [0.15, 0.2) is 0 Å². The normalized spacial score (nSPS) is 39.9. The zero-order valence-electron chi connectivity index (χ0n) is 6.35. The first-order valence-electron chi connectivity index (χ1n) is 3.56. The third-order valence-electron chi connectivity index (χ3n) is 2.33. The van der Waals surface area contributed by atoms with Gasteiger partial charge in [0.2, 0.25) is 5.91 Å². The number of amides is 1. The van der Waals surface area contributed by atoms with Gasteiger partial charge in [0.15, 0.2) is 0 Å². The molecule has 1 saturated heterocycles. The van der Waals surface area contributed by atoms with E-state index in [1.807, 2.05) is 13.8 Å². The minimum absolute atomic E-state index is 0.0446. The van der Waals surface area contributed by atoms with E-state index in [-0.39, 0.29) is 11.3 Å². The average Bonchev–Trinajstić information content (AvgIpc) is 2.09. The first-order valence-corrected chi connectivity index (χ1v) is 3.56. The van der Waals surface area contributed by atoms with Crippen molar-refractivity contribution in [3.63, 3.8) is 0 Å². The monoisotopic (exact) mass is 143 g/mol. The van der Waals surface area contributed by atoms with Gasteiger partial charge >= 0.3 is 0 Å². The van der Waals surface area contributed by atoms with Crippen LogP contribution in [0, 0.1) is 5.41 Å². The second kappa shape index (κ2) is 2.23. The lowest BCUT2D eigenvalue weighted by molar-refractivity contribution is -0.120. The van der Waals surface area contributed by atoms with E-state index in [0.29, 0.717) is 6.42 Å².